The Kier molecular flexibility index (Phi) is 57.8. The molecule has 0 aromatic rings. The summed E-state index contributed by atoms with van der Waals surface area (Å²) in [4.78, 5) is 72.4. The van der Waals surface area contributed by atoms with E-state index in [-0.39, 0.29) is 25.7 Å². The van der Waals surface area contributed by atoms with Crippen molar-refractivity contribution in [3.8, 4) is 0 Å². The summed E-state index contributed by atoms with van der Waals surface area (Å²) in [6.45, 7) is 11.8. The van der Waals surface area contributed by atoms with Crippen molar-refractivity contribution >= 4 is 39.5 Å². The van der Waals surface area contributed by atoms with Gasteiger partial charge in [-0.1, -0.05) is 286 Å². The van der Waals surface area contributed by atoms with Gasteiger partial charge in [0.1, 0.15) is 19.3 Å². The number of carbonyl (C=O) groups excluding carboxylic acids is 4. The standard InChI is InChI=1S/C68H132O17P2/c1-8-10-11-12-13-14-15-21-29-37-44-51-67(72)85-64(56-79-66(71)50-43-36-31-24-26-33-40-47-60(5)6)58-83-87(76,77)81-54-62(69)53-80-86(74,75)82-57-63(55-78-65(70)49-42-35-28-23-18-19-25-32-39-46-59(3)4)84-68(73)52-45-38-30-22-17-16-20-27-34-41-48-61(7)9-2/h59-64,69H,8-58H2,1-7H3,(H,74,75)(H,76,77)/t61?,62-,63-,64-/m1/s1. The lowest BCUT2D eigenvalue weighted by Gasteiger charge is -2.21. The summed E-state index contributed by atoms with van der Waals surface area (Å²) in [5, 5.41) is 10.6. The fourth-order valence-corrected chi connectivity index (χ4v) is 11.7. The van der Waals surface area contributed by atoms with Crippen LogP contribution in [0.25, 0.3) is 0 Å². The number of carbonyl (C=O) groups is 4. The smallest absolute Gasteiger partial charge is 0.462 e. The van der Waals surface area contributed by atoms with Crippen molar-refractivity contribution in [1.82, 2.24) is 0 Å². The summed E-state index contributed by atoms with van der Waals surface area (Å²) < 4.78 is 68.2. The van der Waals surface area contributed by atoms with Crippen LogP contribution in [-0.4, -0.2) is 96.7 Å². The minimum Gasteiger partial charge on any atom is -0.462 e. The van der Waals surface area contributed by atoms with Gasteiger partial charge in [0.05, 0.1) is 26.4 Å². The van der Waals surface area contributed by atoms with E-state index in [0.717, 1.165) is 108 Å². The van der Waals surface area contributed by atoms with Gasteiger partial charge >= 0.3 is 39.5 Å². The fourth-order valence-electron chi connectivity index (χ4n) is 10.2. The molecule has 6 atom stereocenters. The van der Waals surface area contributed by atoms with E-state index in [1.54, 1.807) is 0 Å². The summed E-state index contributed by atoms with van der Waals surface area (Å²) in [5.41, 5.74) is 0. The maximum Gasteiger partial charge on any atom is 0.472 e. The largest absolute Gasteiger partial charge is 0.472 e. The fraction of sp³-hybridized carbons (Fsp3) is 0.941. The number of hydrogen-bond acceptors (Lipinski definition) is 15. The maximum absolute atomic E-state index is 13.0. The third-order valence-electron chi connectivity index (χ3n) is 16.0. The van der Waals surface area contributed by atoms with Crippen LogP contribution in [0.5, 0.6) is 0 Å². The first-order chi connectivity index (χ1) is 41.8. The summed E-state index contributed by atoms with van der Waals surface area (Å²) in [7, 11) is -9.90. The number of phosphoric ester groups is 2. The van der Waals surface area contributed by atoms with E-state index in [2.05, 4.69) is 48.5 Å². The molecule has 0 aromatic carbocycles. The lowest BCUT2D eigenvalue weighted by atomic mass is 9.99. The zero-order chi connectivity index (χ0) is 64.5. The average molecular weight is 1280 g/mol. The van der Waals surface area contributed by atoms with Crippen molar-refractivity contribution in [1.29, 1.82) is 0 Å². The van der Waals surface area contributed by atoms with Gasteiger partial charge in [-0.25, -0.2) is 9.13 Å². The average Bonchev–Trinajstić information content (AvgIpc) is 3.70. The third kappa shape index (κ3) is 61.3. The summed E-state index contributed by atoms with van der Waals surface area (Å²) in [6.07, 6.45) is 41.6. The summed E-state index contributed by atoms with van der Waals surface area (Å²) >= 11 is 0. The van der Waals surface area contributed by atoms with E-state index >= 15 is 0 Å². The molecule has 17 nitrogen and oxygen atoms in total. The Balaban J connectivity index is 5.26. The number of phosphoric acid groups is 2. The van der Waals surface area contributed by atoms with E-state index in [0.29, 0.717) is 31.6 Å². The van der Waals surface area contributed by atoms with Gasteiger partial charge in [0.25, 0.3) is 0 Å². The highest BCUT2D eigenvalue weighted by atomic mass is 31.2. The number of aliphatic hydroxyl groups is 1. The topological polar surface area (TPSA) is 237 Å². The minimum absolute atomic E-state index is 0.105. The maximum atomic E-state index is 13.0. The first-order valence-electron chi connectivity index (χ1n) is 35.4. The molecule has 0 aliphatic rings. The summed E-state index contributed by atoms with van der Waals surface area (Å²) in [5.74, 6) is 0.123. The highest BCUT2D eigenvalue weighted by Crippen LogP contribution is 2.45. The molecule has 0 aliphatic heterocycles. The lowest BCUT2D eigenvalue weighted by Crippen LogP contribution is -2.30. The zero-order valence-corrected chi connectivity index (χ0v) is 58.3. The Labute approximate surface area is 530 Å². The molecule has 87 heavy (non-hydrogen) atoms. The summed E-state index contributed by atoms with van der Waals surface area (Å²) in [6, 6.07) is 0. The van der Waals surface area contributed by atoms with Gasteiger partial charge in [0.2, 0.25) is 0 Å². The second-order valence-electron chi connectivity index (χ2n) is 25.8. The molecular formula is C68H132O17P2. The molecule has 0 saturated carbocycles. The van der Waals surface area contributed by atoms with Crippen LogP contribution >= 0.6 is 15.6 Å². The Morgan fingerprint density at radius 3 is 0.874 bits per heavy atom. The molecule has 3 N–H and O–H groups in total. The van der Waals surface area contributed by atoms with E-state index in [9.17, 15) is 43.2 Å². The molecule has 0 bridgehead atoms. The Morgan fingerprint density at radius 1 is 0.333 bits per heavy atom. The van der Waals surface area contributed by atoms with Crippen LogP contribution in [0.1, 0.15) is 337 Å². The molecule has 0 saturated heterocycles. The molecular weight excluding hydrogens is 1150 g/mol. The number of hydrogen-bond donors (Lipinski definition) is 3. The van der Waals surface area contributed by atoms with Crippen LogP contribution in [0.3, 0.4) is 0 Å². The SMILES string of the molecule is CCCCCCCCCCCCCC(=O)O[C@H](COC(=O)CCCCCCCCCC(C)C)COP(=O)(O)OC[C@H](O)COP(=O)(O)OC[C@@H](COC(=O)CCCCCCCCCCCC(C)C)OC(=O)CCCCCCCCCCCCC(C)CC. The van der Waals surface area contributed by atoms with E-state index in [1.807, 2.05) is 0 Å². The number of esters is 4. The van der Waals surface area contributed by atoms with Gasteiger partial charge in [0.15, 0.2) is 12.2 Å². The number of unbranched alkanes of at least 4 members (excludes halogenated alkanes) is 33. The second-order valence-corrected chi connectivity index (χ2v) is 28.7. The molecule has 0 heterocycles. The van der Waals surface area contributed by atoms with Crippen LogP contribution in [-0.2, 0) is 65.4 Å². The van der Waals surface area contributed by atoms with Gasteiger partial charge in [-0.15, -0.1) is 0 Å². The molecule has 516 valence electrons. The van der Waals surface area contributed by atoms with Gasteiger partial charge in [-0.2, -0.15) is 0 Å². The lowest BCUT2D eigenvalue weighted by molar-refractivity contribution is -0.161. The Morgan fingerprint density at radius 2 is 0.586 bits per heavy atom. The van der Waals surface area contributed by atoms with Crippen molar-refractivity contribution < 1.29 is 80.2 Å². The normalized spacial score (nSPS) is 14.6. The first-order valence-corrected chi connectivity index (χ1v) is 38.4. The molecule has 0 spiro atoms. The quantitative estimate of drug-likeness (QED) is 0.0222. The van der Waals surface area contributed by atoms with Crippen LogP contribution in [0.4, 0.5) is 0 Å². The molecule has 3 unspecified atom stereocenters. The molecule has 0 rings (SSSR count). The molecule has 0 radical (unpaired) electrons. The van der Waals surface area contributed by atoms with Crippen molar-refractivity contribution in [3.05, 3.63) is 0 Å². The highest BCUT2D eigenvalue weighted by molar-refractivity contribution is 7.47. The second kappa shape index (κ2) is 59.1. The predicted octanol–water partition coefficient (Wildman–Crippen LogP) is 19.1. The molecule has 0 amide bonds. The van der Waals surface area contributed by atoms with E-state index < -0.39 is 97.5 Å². The predicted molar refractivity (Wildman–Crippen MR) is 349 cm³/mol. The number of ether oxygens (including phenoxy) is 4. The van der Waals surface area contributed by atoms with Crippen LogP contribution in [0, 0.1) is 17.8 Å². The monoisotopic (exact) mass is 1280 g/mol. The van der Waals surface area contributed by atoms with Crippen LogP contribution < -0.4 is 0 Å². The Bertz CT molecular complexity index is 1720. The van der Waals surface area contributed by atoms with Crippen LogP contribution in [0.2, 0.25) is 0 Å². The molecule has 0 aliphatic carbocycles. The molecule has 0 fully saturated rings. The van der Waals surface area contributed by atoms with Crippen LogP contribution in [0.15, 0.2) is 0 Å². The van der Waals surface area contributed by atoms with Crippen molar-refractivity contribution in [2.24, 2.45) is 17.8 Å². The molecule has 0 aromatic heterocycles. The highest BCUT2D eigenvalue weighted by Gasteiger charge is 2.30. The Hall–Kier alpha value is -1.94. The van der Waals surface area contributed by atoms with Gasteiger partial charge < -0.3 is 33.8 Å². The minimum atomic E-state index is -4.95. The van der Waals surface area contributed by atoms with Crippen molar-refractivity contribution in [2.75, 3.05) is 39.6 Å². The number of aliphatic hydroxyl groups excluding tert-OH is 1. The van der Waals surface area contributed by atoms with Gasteiger partial charge in [0, 0.05) is 25.7 Å². The van der Waals surface area contributed by atoms with Crippen molar-refractivity contribution in [2.45, 2.75) is 356 Å². The van der Waals surface area contributed by atoms with Gasteiger partial charge in [-0.05, 0) is 43.4 Å². The number of rotatable bonds is 66. The van der Waals surface area contributed by atoms with Gasteiger partial charge in [-0.3, -0.25) is 37.3 Å². The molecule has 19 heteroatoms. The van der Waals surface area contributed by atoms with E-state index in [4.69, 9.17) is 37.0 Å². The van der Waals surface area contributed by atoms with E-state index in [1.165, 1.54) is 141 Å². The third-order valence-corrected chi connectivity index (χ3v) is 17.9. The van der Waals surface area contributed by atoms with Crippen molar-refractivity contribution in [3.63, 3.8) is 0 Å². The zero-order valence-electron chi connectivity index (χ0n) is 56.5. The first kappa shape index (κ1) is 85.1.